The number of hydrogen-bond acceptors (Lipinski definition) is 6. The topological polar surface area (TPSA) is 103 Å². The SMILES string of the molecule is CC.NC1CC2(C1)CC(Nc1ncc(Cl)c(-c3cn(S(=O)(=O)c4ccccc4)c4ccccc34)n1)C2. The van der Waals surface area contributed by atoms with Crippen LogP contribution in [0.1, 0.15) is 39.5 Å². The van der Waals surface area contributed by atoms with Gasteiger partial charge in [-0.25, -0.2) is 22.4 Å². The van der Waals surface area contributed by atoms with E-state index in [1.54, 1.807) is 48.8 Å². The summed E-state index contributed by atoms with van der Waals surface area (Å²) >= 11 is 6.52. The van der Waals surface area contributed by atoms with Gasteiger partial charge in [0.05, 0.1) is 27.3 Å². The van der Waals surface area contributed by atoms with Gasteiger partial charge < -0.3 is 11.1 Å². The number of para-hydroxylation sites is 1. The van der Waals surface area contributed by atoms with E-state index in [1.807, 2.05) is 32.0 Å². The van der Waals surface area contributed by atoms with Crippen LogP contribution in [0.2, 0.25) is 5.02 Å². The van der Waals surface area contributed by atoms with Crippen molar-refractivity contribution in [2.45, 2.75) is 56.5 Å². The van der Waals surface area contributed by atoms with E-state index >= 15 is 0 Å². The molecule has 9 heteroatoms. The standard InChI is InChI=1S/C25H24ClN5O2S.C2H6/c26-21-14-28-24(29-17-12-25(13-17)10-16(27)11-25)30-23(21)20-15-31(22-9-5-4-8-19(20)22)34(32,33)18-6-2-1-3-7-18;1-2/h1-9,14-17H,10-13,27H2,(H,28,29,30);1-2H3. The second-order valence-corrected chi connectivity index (χ2v) is 11.7. The second-order valence-electron chi connectivity index (χ2n) is 9.48. The van der Waals surface area contributed by atoms with E-state index in [9.17, 15) is 8.42 Å². The van der Waals surface area contributed by atoms with Crippen LogP contribution in [0.25, 0.3) is 22.2 Å². The van der Waals surface area contributed by atoms with Gasteiger partial charge in [0.25, 0.3) is 10.0 Å². The number of nitrogens with zero attached hydrogens (tertiary/aromatic N) is 3. The Kier molecular flexibility index (Phi) is 6.53. The number of fused-ring (bicyclic) bond motifs is 1. The van der Waals surface area contributed by atoms with Gasteiger partial charge in [-0.1, -0.05) is 61.8 Å². The molecule has 188 valence electrons. The van der Waals surface area contributed by atoms with Crippen LogP contribution in [-0.4, -0.2) is 34.4 Å². The van der Waals surface area contributed by atoms with Crippen LogP contribution < -0.4 is 11.1 Å². The first-order valence-electron chi connectivity index (χ1n) is 12.3. The normalized spacial score (nSPS) is 22.9. The number of aromatic nitrogens is 3. The van der Waals surface area contributed by atoms with Gasteiger partial charge in [-0.15, -0.1) is 0 Å². The van der Waals surface area contributed by atoms with Crippen LogP contribution in [0, 0.1) is 5.41 Å². The van der Waals surface area contributed by atoms with Crippen molar-refractivity contribution in [1.82, 2.24) is 13.9 Å². The van der Waals surface area contributed by atoms with Crippen molar-refractivity contribution in [2.24, 2.45) is 11.1 Å². The maximum absolute atomic E-state index is 13.4. The molecule has 1 spiro atoms. The summed E-state index contributed by atoms with van der Waals surface area (Å²) < 4.78 is 28.2. The minimum atomic E-state index is -3.80. The Morgan fingerprint density at radius 1 is 1.03 bits per heavy atom. The molecule has 2 heterocycles. The van der Waals surface area contributed by atoms with Gasteiger partial charge in [0.2, 0.25) is 5.95 Å². The number of benzene rings is 2. The number of nitrogens with one attached hydrogen (secondary N) is 1. The summed E-state index contributed by atoms with van der Waals surface area (Å²) in [7, 11) is -3.80. The fraction of sp³-hybridized carbons (Fsp3) is 0.333. The third kappa shape index (κ3) is 4.27. The molecule has 36 heavy (non-hydrogen) atoms. The molecule has 0 saturated heterocycles. The van der Waals surface area contributed by atoms with Gasteiger partial charge in [0, 0.05) is 29.2 Å². The quantitative estimate of drug-likeness (QED) is 0.348. The summed E-state index contributed by atoms with van der Waals surface area (Å²) in [6.07, 6.45) is 7.48. The predicted octanol–water partition coefficient (Wildman–Crippen LogP) is 5.70. The predicted molar refractivity (Wildman–Crippen MR) is 145 cm³/mol. The highest BCUT2D eigenvalue weighted by Gasteiger charge is 2.51. The van der Waals surface area contributed by atoms with E-state index in [2.05, 4.69) is 10.3 Å². The molecule has 0 unspecified atom stereocenters. The molecule has 3 N–H and O–H groups in total. The molecule has 2 aromatic heterocycles. The van der Waals surface area contributed by atoms with Gasteiger partial charge in [-0.2, -0.15) is 0 Å². The molecule has 2 fully saturated rings. The number of halogens is 1. The van der Waals surface area contributed by atoms with E-state index in [0.29, 0.717) is 45.2 Å². The zero-order valence-corrected chi connectivity index (χ0v) is 21.9. The molecule has 6 rings (SSSR count). The van der Waals surface area contributed by atoms with Crippen LogP contribution in [-0.2, 0) is 10.0 Å². The molecule has 0 radical (unpaired) electrons. The highest BCUT2D eigenvalue weighted by atomic mass is 35.5. The fourth-order valence-corrected chi connectivity index (χ4v) is 7.11. The van der Waals surface area contributed by atoms with E-state index in [1.165, 1.54) is 3.97 Å². The smallest absolute Gasteiger partial charge is 0.268 e. The van der Waals surface area contributed by atoms with Crippen molar-refractivity contribution in [2.75, 3.05) is 5.32 Å². The number of anilines is 1. The summed E-state index contributed by atoms with van der Waals surface area (Å²) in [6.45, 7) is 4.00. The lowest BCUT2D eigenvalue weighted by molar-refractivity contribution is 0.000995. The molecule has 0 bridgehead atoms. The maximum Gasteiger partial charge on any atom is 0.268 e. The lowest BCUT2D eigenvalue weighted by Crippen LogP contribution is -2.57. The molecule has 2 aliphatic carbocycles. The van der Waals surface area contributed by atoms with Gasteiger partial charge in [0.1, 0.15) is 0 Å². The second kappa shape index (κ2) is 9.50. The van der Waals surface area contributed by atoms with Gasteiger partial charge in [0.15, 0.2) is 0 Å². The van der Waals surface area contributed by atoms with Crippen molar-refractivity contribution >= 4 is 38.5 Å². The summed E-state index contributed by atoms with van der Waals surface area (Å²) in [5.41, 5.74) is 8.07. The molecule has 0 atom stereocenters. The number of hydrogen-bond donors (Lipinski definition) is 2. The Balaban J connectivity index is 0.00000130. The summed E-state index contributed by atoms with van der Waals surface area (Å²) in [5.74, 6) is 0.491. The van der Waals surface area contributed by atoms with Crippen molar-refractivity contribution in [3.05, 3.63) is 72.0 Å². The summed E-state index contributed by atoms with van der Waals surface area (Å²) in [4.78, 5) is 9.29. The first-order chi connectivity index (χ1) is 17.3. The van der Waals surface area contributed by atoms with Crippen LogP contribution in [0.5, 0.6) is 0 Å². The van der Waals surface area contributed by atoms with Gasteiger partial charge >= 0.3 is 0 Å². The van der Waals surface area contributed by atoms with Crippen LogP contribution in [0.15, 0.2) is 71.9 Å². The zero-order valence-electron chi connectivity index (χ0n) is 20.4. The fourth-order valence-electron chi connectivity index (χ4n) is 5.53. The Morgan fingerprint density at radius 2 is 1.69 bits per heavy atom. The highest BCUT2D eigenvalue weighted by Crippen LogP contribution is 2.55. The van der Waals surface area contributed by atoms with Crippen molar-refractivity contribution < 1.29 is 8.42 Å². The summed E-state index contributed by atoms with van der Waals surface area (Å²) in [6, 6.07) is 16.4. The number of nitrogens with two attached hydrogens (primary N) is 1. The largest absolute Gasteiger partial charge is 0.351 e. The van der Waals surface area contributed by atoms with Crippen molar-refractivity contribution in [3.63, 3.8) is 0 Å². The first kappa shape index (κ1) is 24.7. The third-order valence-corrected chi connectivity index (χ3v) is 9.02. The van der Waals surface area contributed by atoms with E-state index < -0.39 is 10.0 Å². The molecular weight excluding hydrogens is 494 g/mol. The van der Waals surface area contributed by atoms with Crippen LogP contribution >= 0.6 is 11.6 Å². The molecule has 2 aliphatic rings. The maximum atomic E-state index is 13.4. The monoisotopic (exact) mass is 523 g/mol. The third-order valence-electron chi connectivity index (χ3n) is 7.06. The highest BCUT2D eigenvalue weighted by molar-refractivity contribution is 7.90. The minimum absolute atomic E-state index is 0.216. The molecular formula is C27H30ClN5O2S. The molecule has 2 saturated carbocycles. The first-order valence-corrected chi connectivity index (χ1v) is 14.1. The minimum Gasteiger partial charge on any atom is -0.351 e. The lowest BCUT2D eigenvalue weighted by atomic mass is 9.52. The Bertz CT molecular complexity index is 1490. The molecule has 0 amide bonds. The molecule has 2 aromatic carbocycles. The average Bonchev–Trinajstić information content (AvgIpc) is 3.25. The average molecular weight is 524 g/mol. The van der Waals surface area contributed by atoms with Crippen molar-refractivity contribution in [3.8, 4) is 11.3 Å². The molecule has 7 nitrogen and oxygen atoms in total. The van der Waals surface area contributed by atoms with E-state index in [4.69, 9.17) is 22.3 Å². The lowest BCUT2D eigenvalue weighted by Gasteiger charge is -2.57. The van der Waals surface area contributed by atoms with Crippen molar-refractivity contribution in [1.29, 1.82) is 0 Å². The Hall–Kier alpha value is -2.94. The molecule has 0 aliphatic heterocycles. The Morgan fingerprint density at radius 3 is 2.39 bits per heavy atom. The van der Waals surface area contributed by atoms with Crippen LogP contribution in [0.3, 0.4) is 0 Å². The Labute approximate surface area is 216 Å². The zero-order chi connectivity index (χ0) is 25.5. The molecule has 4 aromatic rings. The van der Waals surface area contributed by atoms with Gasteiger partial charge in [-0.3, -0.25) is 0 Å². The summed E-state index contributed by atoms with van der Waals surface area (Å²) in [5, 5.41) is 4.53. The van der Waals surface area contributed by atoms with Gasteiger partial charge in [-0.05, 0) is 49.3 Å². The van der Waals surface area contributed by atoms with E-state index in [0.717, 1.165) is 31.1 Å². The van der Waals surface area contributed by atoms with Crippen LogP contribution in [0.4, 0.5) is 5.95 Å². The van der Waals surface area contributed by atoms with E-state index in [-0.39, 0.29) is 4.90 Å². The number of rotatable bonds is 5.